The third-order valence-corrected chi connectivity index (χ3v) is 4.02. The SMILES string of the molecule is Cc1cnc2c(c1)[nH]c(=S)n2C1CCC(C)C1. The number of H-pyrrole nitrogens is 1. The first kappa shape index (κ1) is 11.0. The van der Waals surface area contributed by atoms with Crippen molar-refractivity contribution in [3.05, 3.63) is 22.6 Å². The second-order valence-electron chi connectivity index (χ2n) is 5.26. The summed E-state index contributed by atoms with van der Waals surface area (Å²) in [6.45, 7) is 4.37. The number of pyridine rings is 1. The van der Waals surface area contributed by atoms with Gasteiger partial charge in [0.05, 0.1) is 5.52 Å². The van der Waals surface area contributed by atoms with E-state index in [4.69, 9.17) is 12.2 Å². The predicted octanol–water partition coefficient (Wildman–Crippen LogP) is 3.76. The maximum absolute atomic E-state index is 5.44. The van der Waals surface area contributed by atoms with Gasteiger partial charge in [0.15, 0.2) is 10.4 Å². The van der Waals surface area contributed by atoms with Gasteiger partial charge < -0.3 is 4.98 Å². The van der Waals surface area contributed by atoms with Crippen molar-refractivity contribution in [3.8, 4) is 0 Å². The van der Waals surface area contributed by atoms with Crippen LogP contribution in [0, 0.1) is 17.6 Å². The Morgan fingerprint density at radius 1 is 1.47 bits per heavy atom. The molecular formula is C13H17N3S. The molecule has 2 atom stereocenters. The van der Waals surface area contributed by atoms with E-state index in [1.54, 1.807) is 0 Å². The number of imidazole rings is 1. The van der Waals surface area contributed by atoms with Crippen LogP contribution in [0.2, 0.25) is 0 Å². The largest absolute Gasteiger partial charge is 0.329 e. The Morgan fingerprint density at radius 2 is 2.29 bits per heavy atom. The molecule has 1 saturated carbocycles. The Bertz CT molecular complexity index is 611. The quantitative estimate of drug-likeness (QED) is 0.778. The van der Waals surface area contributed by atoms with E-state index < -0.39 is 0 Å². The Balaban J connectivity index is 2.15. The number of nitrogens with one attached hydrogen (secondary N) is 1. The van der Waals surface area contributed by atoms with Gasteiger partial charge in [-0.1, -0.05) is 6.92 Å². The number of aromatic nitrogens is 3. The van der Waals surface area contributed by atoms with E-state index >= 15 is 0 Å². The van der Waals surface area contributed by atoms with E-state index in [-0.39, 0.29) is 0 Å². The predicted molar refractivity (Wildman–Crippen MR) is 71.7 cm³/mol. The minimum absolute atomic E-state index is 0.529. The molecule has 0 radical (unpaired) electrons. The molecule has 3 rings (SSSR count). The zero-order chi connectivity index (χ0) is 12.0. The average molecular weight is 247 g/mol. The Kier molecular flexibility index (Phi) is 2.54. The van der Waals surface area contributed by atoms with Gasteiger partial charge in [-0.15, -0.1) is 0 Å². The fourth-order valence-corrected chi connectivity index (χ4v) is 3.21. The monoisotopic (exact) mass is 247 g/mol. The number of hydrogen-bond acceptors (Lipinski definition) is 2. The van der Waals surface area contributed by atoms with Crippen molar-refractivity contribution in [2.75, 3.05) is 0 Å². The molecule has 0 aromatic carbocycles. The molecule has 17 heavy (non-hydrogen) atoms. The summed E-state index contributed by atoms with van der Waals surface area (Å²) in [5.74, 6) is 0.803. The molecule has 0 aliphatic heterocycles. The van der Waals surface area contributed by atoms with E-state index in [1.165, 1.54) is 24.8 Å². The third kappa shape index (κ3) is 1.80. The fourth-order valence-electron chi connectivity index (χ4n) is 2.87. The minimum atomic E-state index is 0.529. The van der Waals surface area contributed by atoms with Crippen LogP contribution in [-0.4, -0.2) is 14.5 Å². The lowest BCUT2D eigenvalue weighted by molar-refractivity contribution is 0.498. The summed E-state index contributed by atoms with van der Waals surface area (Å²) in [5, 5.41) is 0. The van der Waals surface area contributed by atoms with Crippen LogP contribution >= 0.6 is 12.2 Å². The highest BCUT2D eigenvalue weighted by molar-refractivity contribution is 7.71. The second-order valence-corrected chi connectivity index (χ2v) is 5.64. The first-order valence-electron chi connectivity index (χ1n) is 6.22. The van der Waals surface area contributed by atoms with Crippen LogP contribution in [0.4, 0.5) is 0 Å². The highest BCUT2D eigenvalue weighted by Crippen LogP contribution is 2.35. The first-order chi connectivity index (χ1) is 8.15. The molecule has 90 valence electrons. The topological polar surface area (TPSA) is 33.6 Å². The maximum Gasteiger partial charge on any atom is 0.179 e. The Labute approximate surface area is 106 Å². The average Bonchev–Trinajstić information content (AvgIpc) is 2.80. The molecule has 1 N–H and O–H groups in total. The molecule has 1 aliphatic carbocycles. The van der Waals surface area contributed by atoms with Crippen LogP contribution in [0.1, 0.15) is 37.8 Å². The number of rotatable bonds is 1. The molecule has 4 heteroatoms. The summed E-state index contributed by atoms with van der Waals surface area (Å²) >= 11 is 5.44. The van der Waals surface area contributed by atoms with Gasteiger partial charge in [0.1, 0.15) is 0 Å². The molecule has 2 aromatic rings. The van der Waals surface area contributed by atoms with Crippen molar-refractivity contribution < 1.29 is 0 Å². The summed E-state index contributed by atoms with van der Waals surface area (Å²) in [6.07, 6.45) is 5.65. The summed E-state index contributed by atoms with van der Waals surface area (Å²) in [6, 6.07) is 2.65. The molecule has 2 heterocycles. The number of hydrogen-bond donors (Lipinski definition) is 1. The normalized spacial score (nSPS) is 24.6. The number of aromatic amines is 1. The van der Waals surface area contributed by atoms with Gasteiger partial charge in [-0.3, -0.25) is 4.57 Å². The van der Waals surface area contributed by atoms with E-state index in [9.17, 15) is 0 Å². The van der Waals surface area contributed by atoms with Crippen molar-refractivity contribution in [2.45, 2.75) is 39.2 Å². The van der Waals surface area contributed by atoms with Gasteiger partial charge in [-0.25, -0.2) is 4.98 Å². The smallest absolute Gasteiger partial charge is 0.179 e. The summed E-state index contributed by atoms with van der Waals surface area (Å²) < 4.78 is 3.03. The van der Waals surface area contributed by atoms with Gasteiger partial charge in [0.2, 0.25) is 0 Å². The molecule has 2 aromatic heterocycles. The summed E-state index contributed by atoms with van der Waals surface area (Å²) in [4.78, 5) is 7.81. The summed E-state index contributed by atoms with van der Waals surface area (Å²) in [7, 11) is 0. The zero-order valence-electron chi connectivity index (χ0n) is 10.2. The van der Waals surface area contributed by atoms with Gasteiger partial charge in [0, 0.05) is 12.2 Å². The van der Waals surface area contributed by atoms with Crippen LogP contribution in [-0.2, 0) is 0 Å². The van der Waals surface area contributed by atoms with Crippen LogP contribution < -0.4 is 0 Å². The van der Waals surface area contributed by atoms with Gasteiger partial charge >= 0.3 is 0 Å². The van der Waals surface area contributed by atoms with Crippen LogP contribution in [0.5, 0.6) is 0 Å². The third-order valence-electron chi connectivity index (χ3n) is 3.72. The minimum Gasteiger partial charge on any atom is -0.329 e. The standard InChI is InChI=1S/C13H17N3S/c1-8-3-4-10(5-8)16-12-11(15-13(16)17)6-9(2)7-14-12/h6-8,10H,3-5H2,1-2H3,(H,15,17). The molecule has 0 amide bonds. The van der Waals surface area contributed by atoms with E-state index in [2.05, 4.69) is 34.4 Å². The molecule has 3 nitrogen and oxygen atoms in total. The van der Waals surface area contributed by atoms with Crippen LogP contribution in [0.25, 0.3) is 11.2 Å². The van der Waals surface area contributed by atoms with E-state index in [0.717, 1.165) is 21.9 Å². The van der Waals surface area contributed by atoms with Crippen molar-refractivity contribution >= 4 is 23.4 Å². The highest BCUT2D eigenvalue weighted by atomic mass is 32.1. The lowest BCUT2D eigenvalue weighted by atomic mass is 10.1. The van der Waals surface area contributed by atoms with Crippen LogP contribution in [0.3, 0.4) is 0 Å². The molecular weight excluding hydrogens is 230 g/mol. The maximum atomic E-state index is 5.44. The number of nitrogens with zero attached hydrogens (tertiary/aromatic N) is 2. The van der Waals surface area contributed by atoms with Crippen molar-refractivity contribution in [3.63, 3.8) is 0 Å². The second kappa shape index (κ2) is 3.95. The molecule has 1 aliphatic rings. The Morgan fingerprint density at radius 3 is 3.00 bits per heavy atom. The molecule has 0 bridgehead atoms. The van der Waals surface area contributed by atoms with Crippen molar-refractivity contribution in [2.24, 2.45) is 5.92 Å². The van der Waals surface area contributed by atoms with Gasteiger partial charge in [-0.2, -0.15) is 0 Å². The zero-order valence-corrected chi connectivity index (χ0v) is 11.0. The lowest BCUT2D eigenvalue weighted by Gasteiger charge is -2.12. The summed E-state index contributed by atoms with van der Waals surface area (Å²) in [5.41, 5.74) is 3.25. The number of fused-ring (bicyclic) bond motifs is 1. The first-order valence-corrected chi connectivity index (χ1v) is 6.63. The number of aryl methyl sites for hydroxylation is 1. The van der Waals surface area contributed by atoms with E-state index in [1.807, 2.05) is 6.20 Å². The molecule has 1 fully saturated rings. The molecule has 2 unspecified atom stereocenters. The van der Waals surface area contributed by atoms with Crippen LogP contribution in [0.15, 0.2) is 12.3 Å². The lowest BCUT2D eigenvalue weighted by Crippen LogP contribution is -2.06. The van der Waals surface area contributed by atoms with Crippen molar-refractivity contribution in [1.82, 2.24) is 14.5 Å². The molecule has 0 saturated heterocycles. The fraction of sp³-hybridized carbons (Fsp3) is 0.538. The highest BCUT2D eigenvalue weighted by Gasteiger charge is 2.25. The van der Waals surface area contributed by atoms with Gasteiger partial charge in [-0.05, 0) is 56.0 Å². The van der Waals surface area contributed by atoms with Gasteiger partial charge in [0.25, 0.3) is 0 Å². The molecule has 0 spiro atoms. The van der Waals surface area contributed by atoms with Crippen molar-refractivity contribution in [1.29, 1.82) is 0 Å². The Hall–Kier alpha value is -1.16. The van der Waals surface area contributed by atoms with E-state index in [0.29, 0.717) is 6.04 Å².